The molecule has 0 radical (unpaired) electrons. The summed E-state index contributed by atoms with van der Waals surface area (Å²) in [5.41, 5.74) is 1.47. The van der Waals surface area contributed by atoms with Crippen molar-refractivity contribution < 1.29 is 14.3 Å². The van der Waals surface area contributed by atoms with Gasteiger partial charge in [0, 0.05) is 13.1 Å². The Morgan fingerprint density at radius 1 is 1.23 bits per heavy atom. The van der Waals surface area contributed by atoms with Crippen molar-refractivity contribution in [2.24, 2.45) is 0 Å². The van der Waals surface area contributed by atoms with E-state index in [1.165, 1.54) is 18.3 Å². The van der Waals surface area contributed by atoms with Crippen molar-refractivity contribution in [2.75, 3.05) is 17.8 Å². The molecule has 134 valence electrons. The highest BCUT2D eigenvalue weighted by Gasteiger charge is 2.22. The Labute approximate surface area is 159 Å². The number of hydrogen-bond donors (Lipinski definition) is 0. The van der Waals surface area contributed by atoms with Gasteiger partial charge in [0.2, 0.25) is 5.91 Å². The van der Waals surface area contributed by atoms with Crippen molar-refractivity contribution in [1.29, 1.82) is 0 Å². The number of carbonyl (C=O) groups is 2. The number of amides is 1. The summed E-state index contributed by atoms with van der Waals surface area (Å²) in [5.74, 6) is 0.539. The molecule has 1 aromatic carbocycles. The summed E-state index contributed by atoms with van der Waals surface area (Å²) in [6, 6.07) is 11.2. The lowest BCUT2D eigenvalue weighted by Crippen LogP contribution is -2.32. The smallest absolute Gasteiger partial charge is 0.239 e. The number of rotatable bonds is 6. The fourth-order valence-electron chi connectivity index (χ4n) is 2.35. The van der Waals surface area contributed by atoms with Crippen LogP contribution < -0.4 is 9.64 Å². The zero-order valence-corrected chi connectivity index (χ0v) is 16.0. The quantitative estimate of drug-likeness (QED) is 0.644. The molecule has 0 N–H and O–H groups in total. The minimum Gasteiger partial charge on any atom is -0.494 e. The van der Waals surface area contributed by atoms with Crippen LogP contribution in [0.5, 0.6) is 5.75 Å². The predicted octanol–water partition coefficient (Wildman–Crippen LogP) is 3.51. The Kier molecular flexibility index (Phi) is 5.85. The second kappa shape index (κ2) is 8.29. The monoisotopic (exact) mass is 387 g/mol. The lowest BCUT2D eigenvalue weighted by Gasteiger charge is -2.19. The van der Waals surface area contributed by atoms with Gasteiger partial charge >= 0.3 is 0 Å². The van der Waals surface area contributed by atoms with E-state index in [-0.39, 0.29) is 16.8 Å². The number of para-hydroxylation sites is 1. The number of ether oxygens (including phenoxy) is 1. The molecular formula is C18H17N3O3S2. The molecule has 3 rings (SSSR count). The molecule has 2 heterocycles. The van der Waals surface area contributed by atoms with Crippen LogP contribution in [0, 0.1) is 0 Å². The largest absolute Gasteiger partial charge is 0.494 e. The van der Waals surface area contributed by atoms with Gasteiger partial charge in [0.15, 0.2) is 10.2 Å². The van der Waals surface area contributed by atoms with Crippen LogP contribution in [0.2, 0.25) is 0 Å². The lowest BCUT2D eigenvalue weighted by molar-refractivity contribution is -0.116. The summed E-state index contributed by atoms with van der Waals surface area (Å²) in [4.78, 5) is 34.5. The average molecular weight is 387 g/mol. The van der Waals surface area contributed by atoms with Crippen molar-refractivity contribution in [3.8, 4) is 5.75 Å². The van der Waals surface area contributed by atoms with Crippen molar-refractivity contribution in [3.63, 3.8) is 0 Å². The summed E-state index contributed by atoms with van der Waals surface area (Å²) >= 11 is 2.40. The molecule has 0 aliphatic carbocycles. The van der Waals surface area contributed by atoms with E-state index < -0.39 is 0 Å². The van der Waals surface area contributed by atoms with Crippen LogP contribution in [-0.2, 0) is 16.1 Å². The highest BCUT2D eigenvalue weighted by atomic mass is 32.2. The Morgan fingerprint density at radius 3 is 2.77 bits per heavy atom. The zero-order valence-electron chi connectivity index (χ0n) is 14.3. The van der Waals surface area contributed by atoms with E-state index in [1.807, 2.05) is 36.4 Å². The van der Waals surface area contributed by atoms with Gasteiger partial charge in [-0.15, -0.1) is 0 Å². The fraction of sp³-hybridized carbons (Fsp3) is 0.222. The Hall–Kier alpha value is -2.45. The molecule has 1 amide bonds. The number of carbonyl (C=O) groups excluding carboxylic acids is 2. The molecular weight excluding hydrogens is 370 g/mol. The average Bonchev–Trinajstić information content (AvgIpc) is 3.08. The van der Waals surface area contributed by atoms with Crippen molar-refractivity contribution in [1.82, 2.24) is 9.97 Å². The Morgan fingerprint density at radius 2 is 2.08 bits per heavy atom. The number of methoxy groups -OCH3 is 1. The third-order valence-corrected chi connectivity index (χ3v) is 5.41. The Balaban J connectivity index is 1.96. The molecule has 0 spiro atoms. The number of benzene rings is 1. The van der Waals surface area contributed by atoms with E-state index in [0.29, 0.717) is 22.9 Å². The molecule has 0 aliphatic rings. The molecule has 6 nitrogen and oxygen atoms in total. The number of nitrogens with zero attached hydrogens (tertiary/aromatic N) is 3. The van der Waals surface area contributed by atoms with Crippen molar-refractivity contribution >= 4 is 49.5 Å². The third-order valence-electron chi connectivity index (χ3n) is 3.57. The molecule has 0 saturated heterocycles. The minimum atomic E-state index is -0.186. The summed E-state index contributed by atoms with van der Waals surface area (Å²) < 4.78 is 6.29. The van der Waals surface area contributed by atoms with Gasteiger partial charge in [0.05, 0.1) is 29.8 Å². The summed E-state index contributed by atoms with van der Waals surface area (Å²) in [7, 11) is 1.59. The van der Waals surface area contributed by atoms with E-state index in [4.69, 9.17) is 4.74 Å². The van der Waals surface area contributed by atoms with Crippen LogP contribution in [0.1, 0.15) is 12.6 Å². The second-order valence-corrected chi connectivity index (χ2v) is 7.55. The van der Waals surface area contributed by atoms with Crippen LogP contribution in [0.4, 0.5) is 5.13 Å². The van der Waals surface area contributed by atoms with Crippen LogP contribution in [0.15, 0.2) is 42.6 Å². The maximum absolute atomic E-state index is 12.7. The second-order valence-electron chi connectivity index (χ2n) is 5.38. The van der Waals surface area contributed by atoms with Gasteiger partial charge < -0.3 is 4.74 Å². The van der Waals surface area contributed by atoms with Crippen LogP contribution in [0.3, 0.4) is 0 Å². The Bertz CT molecular complexity index is 928. The number of thiazole rings is 1. The highest BCUT2D eigenvalue weighted by molar-refractivity contribution is 8.14. The SMILES string of the molecule is COc1cccc2sc(N(Cc3ccccn3)C(=O)CSC(C)=O)nc12. The molecule has 0 unspecified atom stereocenters. The van der Waals surface area contributed by atoms with Crippen LogP contribution in [-0.4, -0.2) is 33.9 Å². The molecule has 8 heteroatoms. The van der Waals surface area contributed by atoms with E-state index in [2.05, 4.69) is 9.97 Å². The standard InChI is InChI=1S/C18H17N3O3S2/c1-12(22)25-11-16(23)21(10-13-6-3-4-9-19-13)18-20-17-14(24-2)7-5-8-15(17)26-18/h3-9H,10-11H2,1-2H3. The highest BCUT2D eigenvalue weighted by Crippen LogP contribution is 2.34. The van der Waals surface area contributed by atoms with Crippen molar-refractivity contribution in [3.05, 3.63) is 48.3 Å². The van der Waals surface area contributed by atoms with Gasteiger partial charge in [-0.25, -0.2) is 4.98 Å². The lowest BCUT2D eigenvalue weighted by atomic mass is 10.3. The maximum Gasteiger partial charge on any atom is 0.239 e. The first-order chi connectivity index (χ1) is 12.6. The van der Waals surface area contributed by atoms with E-state index in [1.54, 1.807) is 18.2 Å². The minimum absolute atomic E-state index is 0.0647. The molecule has 2 aromatic heterocycles. The molecule has 0 atom stereocenters. The zero-order chi connectivity index (χ0) is 18.5. The number of pyridine rings is 1. The number of aromatic nitrogens is 2. The summed E-state index contributed by atoms with van der Waals surface area (Å²) in [5, 5.41) is 0.464. The fourth-order valence-corrected chi connectivity index (χ4v) is 3.83. The third kappa shape index (κ3) is 4.20. The predicted molar refractivity (Wildman–Crippen MR) is 105 cm³/mol. The normalized spacial score (nSPS) is 10.7. The van der Waals surface area contributed by atoms with Crippen LogP contribution >= 0.6 is 23.1 Å². The van der Waals surface area contributed by atoms with Crippen LogP contribution in [0.25, 0.3) is 10.2 Å². The van der Waals surface area contributed by atoms with Gasteiger partial charge in [-0.2, -0.15) is 0 Å². The van der Waals surface area contributed by atoms with E-state index >= 15 is 0 Å². The number of hydrogen-bond acceptors (Lipinski definition) is 7. The molecule has 0 fully saturated rings. The first-order valence-electron chi connectivity index (χ1n) is 7.85. The topological polar surface area (TPSA) is 72.4 Å². The molecule has 3 aromatic rings. The van der Waals surface area contributed by atoms with Gasteiger partial charge in [-0.05, 0) is 24.3 Å². The first kappa shape index (κ1) is 18.3. The maximum atomic E-state index is 12.7. The first-order valence-corrected chi connectivity index (χ1v) is 9.66. The molecule has 0 aliphatic heterocycles. The van der Waals surface area contributed by atoms with Gasteiger partial charge in [0.1, 0.15) is 11.3 Å². The number of anilines is 1. The number of thioether (sulfide) groups is 1. The van der Waals surface area contributed by atoms with Gasteiger partial charge in [-0.1, -0.05) is 35.2 Å². The molecule has 0 bridgehead atoms. The van der Waals surface area contributed by atoms with Gasteiger partial charge in [0.25, 0.3) is 0 Å². The number of fused-ring (bicyclic) bond motifs is 1. The summed E-state index contributed by atoms with van der Waals surface area (Å²) in [6.45, 7) is 1.74. The van der Waals surface area contributed by atoms with E-state index in [0.717, 1.165) is 22.2 Å². The van der Waals surface area contributed by atoms with Crippen molar-refractivity contribution in [2.45, 2.75) is 13.5 Å². The van der Waals surface area contributed by atoms with Gasteiger partial charge in [-0.3, -0.25) is 19.5 Å². The molecule has 0 saturated carbocycles. The van der Waals surface area contributed by atoms with E-state index in [9.17, 15) is 9.59 Å². The summed E-state index contributed by atoms with van der Waals surface area (Å²) in [6.07, 6.45) is 1.68. The molecule has 26 heavy (non-hydrogen) atoms.